The van der Waals surface area contributed by atoms with Gasteiger partial charge in [-0.15, -0.1) is 11.3 Å². The van der Waals surface area contributed by atoms with E-state index in [0.717, 1.165) is 16.2 Å². The maximum Gasteiger partial charge on any atom is 0.341 e. The van der Waals surface area contributed by atoms with Crippen LogP contribution < -0.4 is 5.32 Å². The van der Waals surface area contributed by atoms with Crippen molar-refractivity contribution in [1.29, 1.82) is 0 Å². The topological polar surface area (TPSA) is 92.8 Å². The van der Waals surface area contributed by atoms with Crippen LogP contribution in [0.4, 0.5) is 5.00 Å². The van der Waals surface area contributed by atoms with Crippen LogP contribution in [0, 0.1) is 0 Å². The first kappa shape index (κ1) is 20.8. The van der Waals surface area contributed by atoms with Gasteiger partial charge in [0.1, 0.15) is 17.1 Å². The summed E-state index contributed by atoms with van der Waals surface area (Å²) < 4.78 is 4.88. The molecule has 0 unspecified atom stereocenters. The van der Waals surface area contributed by atoms with Crippen molar-refractivity contribution >= 4 is 51.6 Å². The second kappa shape index (κ2) is 8.33. The van der Waals surface area contributed by atoms with Gasteiger partial charge in [0.15, 0.2) is 0 Å². The number of hydrogen-bond acceptors (Lipinski definition) is 6. The molecule has 31 heavy (non-hydrogen) atoms. The first-order chi connectivity index (χ1) is 14.9. The number of methoxy groups -OCH3 is 1. The highest BCUT2D eigenvalue weighted by atomic mass is 35.5. The van der Waals surface area contributed by atoms with Crippen LogP contribution in [-0.2, 0) is 9.53 Å². The molecule has 3 aromatic rings. The molecule has 0 saturated heterocycles. The van der Waals surface area contributed by atoms with E-state index < -0.39 is 30.2 Å². The minimum atomic E-state index is -0.646. The number of anilines is 1. The zero-order chi connectivity index (χ0) is 22.1. The van der Waals surface area contributed by atoms with Gasteiger partial charge in [0, 0.05) is 21.5 Å². The van der Waals surface area contributed by atoms with E-state index in [4.69, 9.17) is 16.3 Å². The molecule has 1 aromatic heterocycles. The number of esters is 1. The fraction of sp³-hybridized carbons (Fsp3) is 0.0909. The van der Waals surface area contributed by atoms with Crippen molar-refractivity contribution < 1.29 is 23.9 Å². The van der Waals surface area contributed by atoms with Crippen LogP contribution >= 0.6 is 22.9 Å². The fourth-order valence-electron chi connectivity index (χ4n) is 3.32. The molecule has 1 N–H and O–H groups in total. The van der Waals surface area contributed by atoms with Gasteiger partial charge < -0.3 is 10.1 Å². The summed E-state index contributed by atoms with van der Waals surface area (Å²) in [7, 11) is 1.24. The molecule has 0 radical (unpaired) electrons. The third-order valence-electron chi connectivity index (χ3n) is 4.78. The maximum atomic E-state index is 12.7. The van der Waals surface area contributed by atoms with E-state index in [-0.39, 0.29) is 21.7 Å². The first-order valence-corrected chi connectivity index (χ1v) is 10.4. The normalized spacial score (nSPS) is 12.6. The molecular formula is C22H15ClN2O5S. The molecule has 0 saturated carbocycles. The van der Waals surface area contributed by atoms with E-state index in [9.17, 15) is 19.2 Å². The monoisotopic (exact) mass is 454 g/mol. The van der Waals surface area contributed by atoms with Crippen molar-refractivity contribution in [3.05, 3.63) is 75.6 Å². The number of hydrogen-bond donors (Lipinski definition) is 1. The number of benzene rings is 2. The molecule has 0 spiro atoms. The predicted octanol–water partition coefficient (Wildman–Crippen LogP) is 4.09. The number of fused-ring (bicyclic) bond motifs is 1. The van der Waals surface area contributed by atoms with E-state index >= 15 is 0 Å². The van der Waals surface area contributed by atoms with Gasteiger partial charge >= 0.3 is 5.97 Å². The van der Waals surface area contributed by atoms with Gasteiger partial charge in [0.2, 0.25) is 5.91 Å². The van der Waals surface area contributed by atoms with E-state index in [2.05, 4.69) is 5.32 Å². The average molecular weight is 455 g/mol. The number of rotatable bonds is 5. The van der Waals surface area contributed by atoms with E-state index in [0.29, 0.717) is 16.1 Å². The third-order valence-corrected chi connectivity index (χ3v) is 6.00. The molecule has 9 heteroatoms. The van der Waals surface area contributed by atoms with Crippen molar-refractivity contribution in [1.82, 2.24) is 4.90 Å². The van der Waals surface area contributed by atoms with E-state index in [1.165, 1.54) is 19.2 Å². The second-order valence-electron chi connectivity index (χ2n) is 6.62. The Morgan fingerprint density at radius 2 is 1.55 bits per heavy atom. The summed E-state index contributed by atoms with van der Waals surface area (Å²) in [4.78, 5) is 50.9. The third kappa shape index (κ3) is 3.71. The molecule has 156 valence electrons. The SMILES string of the molecule is COC(=O)c1c(-c2ccccc2Cl)csc1NC(=O)CN1C(=O)c2ccccc2C1=O. The van der Waals surface area contributed by atoms with Gasteiger partial charge in [-0.05, 0) is 18.2 Å². The highest BCUT2D eigenvalue weighted by Crippen LogP contribution is 2.39. The Labute approximate surface area is 186 Å². The number of amides is 3. The van der Waals surface area contributed by atoms with Crippen molar-refractivity contribution in [2.45, 2.75) is 0 Å². The summed E-state index contributed by atoms with van der Waals surface area (Å²) in [5.74, 6) is -2.34. The summed E-state index contributed by atoms with van der Waals surface area (Å²) >= 11 is 7.39. The molecule has 0 fully saturated rings. The van der Waals surface area contributed by atoms with Gasteiger partial charge in [0.05, 0.1) is 18.2 Å². The van der Waals surface area contributed by atoms with Crippen molar-refractivity contribution in [2.75, 3.05) is 19.0 Å². The number of carbonyl (C=O) groups is 4. The Bertz CT molecular complexity index is 1200. The number of halogens is 1. The number of nitrogens with zero attached hydrogens (tertiary/aromatic N) is 1. The lowest BCUT2D eigenvalue weighted by atomic mass is 10.0. The van der Waals surface area contributed by atoms with Gasteiger partial charge in [-0.3, -0.25) is 19.3 Å². The lowest BCUT2D eigenvalue weighted by Crippen LogP contribution is -2.37. The largest absolute Gasteiger partial charge is 0.465 e. The van der Waals surface area contributed by atoms with Crippen LogP contribution in [0.3, 0.4) is 0 Å². The number of imide groups is 1. The van der Waals surface area contributed by atoms with Crippen molar-refractivity contribution in [3.8, 4) is 11.1 Å². The number of ether oxygens (including phenoxy) is 1. The van der Waals surface area contributed by atoms with Crippen LogP contribution in [0.5, 0.6) is 0 Å². The van der Waals surface area contributed by atoms with Gasteiger partial charge in [-0.25, -0.2) is 4.79 Å². The molecule has 3 amide bonds. The molecule has 0 aliphatic carbocycles. The molecule has 0 bridgehead atoms. The minimum absolute atomic E-state index is 0.149. The first-order valence-electron chi connectivity index (χ1n) is 9.12. The minimum Gasteiger partial charge on any atom is -0.465 e. The lowest BCUT2D eigenvalue weighted by Gasteiger charge is -2.14. The smallest absolute Gasteiger partial charge is 0.341 e. The Morgan fingerprint density at radius 1 is 0.968 bits per heavy atom. The van der Waals surface area contributed by atoms with E-state index in [1.807, 2.05) is 0 Å². The zero-order valence-corrected chi connectivity index (χ0v) is 17.8. The number of thiophene rings is 1. The van der Waals surface area contributed by atoms with Gasteiger partial charge in [-0.2, -0.15) is 0 Å². The summed E-state index contributed by atoms with van der Waals surface area (Å²) in [6.07, 6.45) is 0. The Kier molecular flexibility index (Phi) is 5.58. The predicted molar refractivity (Wildman–Crippen MR) is 117 cm³/mol. The Balaban J connectivity index is 1.59. The van der Waals surface area contributed by atoms with Crippen LogP contribution in [0.15, 0.2) is 53.9 Å². The summed E-state index contributed by atoms with van der Waals surface area (Å²) in [5, 5.41) is 4.98. The van der Waals surface area contributed by atoms with Crippen molar-refractivity contribution in [3.63, 3.8) is 0 Å². The molecule has 2 aromatic carbocycles. The molecule has 0 atom stereocenters. The Morgan fingerprint density at radius 3 is 2.13 bits per heavy atom. The van der Waals surface area contributed by atoms with Gasteiger partial charge in [0.25, 0.3) is 11.8 Å². The maximum absolute atomic E-state index is 12.7. The highest BCUT2D eigenvalue weighted by Gasteiger charge is 2.36. The summed E-state index contributed by atoms with van der Waals surface area (Å²) in [6, 6.07) is 13.4. The van der Waals surface area contributed by atoms with Crippen molar-refractivity contribution in [2.24, 2.45) is 0 Å². The standard InChI is InChI=1S/C22H15ClN2O5S/c1-30-22(29)18-15(12-6-4-5-9-16(12)23)11-31-19(18)24-17(26)10-25-20(27)13-7-2-3-8-14(13)21(25)28/h2-9,11H,10H2,1H3,(H,24,26). The molecule has 1 aliphatic heterocycles. The second-order valence-corrected chi connectivity index (χ2v) is 7.90. The number of nitrogens with one attached hydrogen (secondary N) is 1. The molecule has 1 aliphatic rings. The highest BCUT2D eigenvalue weighted by molar-refractivity contribution is 7.15. The van der Waals surface area contributed by atoms with Crippen LogP contribution in [0.2, 0.25) is 5.02 Å². The fourth-order valence-corrected chi connectivity index (χ4v) is 4.53. The summed E-state index contributed by atoms with van der Waals surface area (Å²) in [5.41, 5.74) is 1.79. The van der Waals surface area contributed by atoms with Crippen LogP contribution in [-0.4, -0.2) is 42.2 Å². The molecule has 2 heterocycles. The van der Waals surface area contributed by atoms with E-state index in [1.54, 1.807) is 41.8 Å². The quantitative estimate of drug-likeness (QED) is 0.463. The molecule has 7 nitrogen and oxygen atoms in total. The average Bonchev–Trinajstić information content (AvgIpc) is 3.28. The molecular weight excluding hydrogens is 440 g/mol. The molecule has 4 rings (SSSR count). The van der Waals surface area contributed by atoms with Crippen LogP contribution in [0.1, 0.15) is 31.1 Å². The van der Waals surface area contributed by atoms with Crippen LogP contribution in [0.25, 0.3) is 11.1 Å². The van der Waals surface area contributed by atoms with Gasteiger partial charge in [-0.1, -0.05) is 41.9 Å². The number of carbonyl (C=O) groups excluding carboxylic acids is 4. The Hall–Kier alpha value is -3.49. The zero-order valence-electron chi connectivity index (χ0n) is 16.2. The summed E-state index contributed by atoms with van der Waals surface area (Å²) in [6.45, 7) is -0.480. The lowest BCUT2D eigenvalue weighted by molar-refractivity contribution is -0.116.